The van der Waals surface area contributed by atoms with Gasteiger partial charge in [-0.05, 0) is 38.5 Å². The first-order valence-electron chi connectivity index (χ1n) is 8.15. The molecule has 0 spiro atoms. The van der Waals surface area contributed by atoms with Crippen molar-refractivity contribution in [2.45, 2.75) is 32.3 Å². The van der Waals surface area contributed by atoms with Crippen molar-refractivity contribution in [3.63, 3.8) is 0 Å². The van der Waals surface area contributed by atoms with Crippen LogP contribution < -0.4 is 9.47 Å². The van der Waals surface area contributed by atoms with Gasteiger partial charge in [-0.2, -0.15) is 0 Å². The van der Waals surface area contributed by atoms with Gasteiger partial charge >= 0.3 is 0 Å². The molecule has 2 aliphatic rings. The molecule has 2 aromatic carbocycles. The molecule has 0 amide bonds. The third-order valence-electron chi connectivity index (χ3n) is 4.71. The first-order valence-corrected chi connectivity index (χ1v) is 8.15. The molecule has 0 aromatic heterocycles. The summed E-state index contributed by atoms with van der Waals surface area (Å²) >= 11 is 0. The highest BCUT2D eigenvalue weighted by Crippen LogP contribution is 2.53. The summed E-state index contributed by atoms with van der Waals surface area (Å²) in [6.07, 6.45) is 2.58. The Labute approximate surface area is 146 Å². The molecule has 0 bridgehead atoms. The van der Waals surface area contributed by atoms with Crippen LogP contribution in [0.2, 0.25) is 0 Å². The van der Waals surface area contributed by atoms with Gasteiger partial charge in [0.25, 0.3) is 0 Å². The summed E-state index contributed by atoms with van der Waals surface area (Å²) in [6, 6.07) is 8.79. The zero-order valence-corrected chi connectivity index (χ0v) is 14.2. The Kier molecular flexibility index (Phi) is 4.35. The van der Waals surface area contributed by atoms with Gasteiger partial charge in [-0.15, -0.1) is 0 Å². The molecule has 0 unspecified atom stereocenters. The zero-order valence-electron chi connectivity index (χ0n) is 14.2. The maximum atomic E-state index is 10.3. The molecule has 4 N–H and O–H groups in total. The Morgan fingerprint density at radius 3 is 2.68 bits per heavy atom. The van der Waals surface area contributed by atoms with Crippen LogP contribution in [0.15, 0.2) is 42.0 Å². The van der Waals surface area contributed by atoms with E-state index in [-0.39, 0.29) is 29.0 Å². The highest BCUT2D eigenvalue weighted by Gasteiger charge is 2.42. The van der Waals surface area contributed by atoms with Crippen LogP contribution in [0.1, 0.15) is 42.6 Å². The van der Waals surface area contributed by atoms with E-state index in [1.807, 2.05) is 26.0 Å². The van der Waals surface area contributed by atoms with E-state index in [4.69, 9.17) is 9.47 Å². The number of benzene rings is 2. The summed E-state index contributed by atoms with van der Waals surface area (Å²) in [5.41, 5.74) is 4.04. The minimum Gasteiger partial charge on any atom is -0.508 e. The van der Waals surface area contributed by atoms with E-state index in [1.165, 1.54) is 5.57 Å². The van der Waals surface area contributed by atoms with Crippen molar-refractivity contribution >= 4 is 0 Å². The summed E-state index contributed by atoms with van der Waals surface area (Å²) in [6.45, 7) is 4.58. The molecule has 0 fully saturated rings. The number of allylic oxidation sites excluding steroid dienone is 2. The third kappa shape index (κ3) is 2.81. The number of ether oxygens (including phenoxy) is 2. The predicted octanol–water partition coefficient (Wildman–Crippen LogP) is 3.39. The van der Waals surface area contributed by atoms with Crippen molar-refractivity contribution in [1.82, 2.24) is 0 Å². The van der Waals surface area contributed by atoms with Crippen LogP contribution >= 0.6 is 0 Å². The molecular formula is C20H22O5. The lowest BCUT2D eigenvalue weighted by molar-refractivity contribution is 0.138. The number of phenolic OH excluding ortho intramolecular Hbond substituents is 2. The number of hydrogen-bond acceptors (Lipinski definition) is 4. The standard InChI is InChI=1S/C20H20O4.H2O/c1-11(2)3-5-14-17(22)8-7-13-16-10-23-18-9-12(21)4-6-15(18)20(16)24-19(13)14;/h3-4,6-9,16,20-22H,5,10H2,1-2H3;1H2/t16-,20-;/m0./s1. The van der Waals surface area contributed by atoms with Gasteiger partial charge in [0, 0.05) is 22.8 Å². The minimum atomic E-state index is -0.142. The lowest BCUT2D eigenvalue weighted by Gasteiger charge is -2.27. The van der Waals surface area contributed by atoms with E-state index < -0.39 is 0 Å². The second-order valence-electron chi connectivity index (χ2n) is 6.65. The molecule has 5 nitrogen and oxygen atoms in total. The summed E-state index contributed by atoms with van der Waals surface area (Å²) in [5.74, 6) is 1.98. The molecule has 0 aliphatic carbocycles. The summed E-state index contributed by atoms with van der Waals surface area (Å²) in [4.78, 5) is 0. The van der Waals surface area contributed by atoms with Gasteiger partial charge in [-0.3, -0.25) is 0 Å². The largest absolute Gasteiger partial charge is 0.508 e. The monoisotopic (exact) mass is 342 g/mol. The zero-order chi connectivity index (χ0) is 16.8. The summed E-state index contributed by atoms with van der Waals surface area (Å²) in [7, 11) is 0. The van der Waals surface area contributed by atoms with Crippen LogP contribution in [0.5, 0.6) is 23.0 Å². The molecule has 4 rings (SSSR count). The molecule has 0 saturated carbocycles. The second kappa shape index (κ2) is 6.33. The molecule has 25 heavy (non-hydrogen) atoms. The maximum Gasteiger partial charge on any atom is 0.138 e. The number of hydrogen-bond donors (Lipinski definition) is 2. The van der Waals surface area contributed by atoms with E-state index in [9.17, 15) is 10.2 Å². The normalized spacial score (nSPS) is 19.4. The molecule has 2 atom stereocenters. The van der Waals surface area contributed by atoms with E-state index in [1.54, 1.807) is 18.2 Å². The van der Waals surface area contributed by atoms with Crippen LogP contribution in [0, 0.1) is 0 Å². The van der Waals surface area contributed by atoms with E-state index in [2.05, 4.69) is 6.08 Å². The Bertz CT molecular complexity index is 836. The maximum absolute atomic E-state index is 10.3. The molecule has 2 aromatic rings. The van der Waals surface area contributed by atoms with Crippen molar-refractivity contribution in [1.29, 1.82) is 0 Å². The van der Waals surface area contributed by atoms with Gasteiger partial charge in [0.2, 0.25) is 0 Å². The number of fused-ring (bicyclic) bond motifs is 5. The van der Waals surface area contributed by atoms with Gasteiger partial charge in [0.1, 0.15) is 29.1 Å². The summed E-state index contributed by atoms with van der Waals surface area (Å²) in [5, 5.41) is 19.9. The van der Waals surface area contributed by atoms with Gasteiger partial charge in [-0.25, -0.2) is 0 Å². The van der Waals surface area contributed by atoms with Gasteiger partial charge < -0.3 is 25.2 Å². The lowest BCUT2D eigenvalue weighted by atomic mass is 9.88. The van der Waals surface area contributed by atoms with Crippen LogP contribution in [0.4, 0.5) is 0 Å². The van der Waals surface area contributed by atoms with Crippen LogP contribution in [-0.4, -0.2) is 22.3 Å². The van der Waals surface area contributed by atoms with Crippen molar-refractivity contribution in [3.8, 4) is 23.0 Å². The molecule has 2 aliphatic heterocycles. The van der Waals surface area contributed by atoms with Gasteiger partial charge in [0.15, 0.2) is 0 Å². The average Bonchev–Trinajstić information content (AvgIpc) is 2.92. The van der Waals surface area contributed by atoms with E-state index in [0.717, 1.165) is 22.4 Å². The smallest absolute Gasteiger partial charge is 0.138 e. The number of rotatable bonds is 2. The Balaban J connectivity index is 0.00000182. The van der Waals surface area contributed by atoms with Crippen LogP contribution in [0.3, 0.4) is 0 Å². The molecular weight excluding hydrogens is 320 g/mol. The minimum absolute atomic E-state index is 0. The number of phenols is 2. The quantitative estimate of drug-likeness (QED) is 0.819. The fraction of sp³-hybridized carbons (Fsp3) is 0.300. The molecule has 2 heterocycles. The van der Waals surface area contributed by atoms with Crippen LogP contribution in [0.25, 0.3) is 0 Å². The third-order valence-corrected chi connectivity index (χ3v) is 4.71. The fourth-order valence-corrected chi connectivity index (χ4v) is 3.46. The predicted molar refractivity (Wildman–Crippen MR) is 94.6 cm³/mol. The van der Waals surface area contributed by atoms with Gasteiger partial charge in [0.05, 0.1) is 12.5 Å². The Hall–Kier alpha value is -2.66. The van der Waals surface area contributed by atoms with Crippen LogP contribution in [-0.2, 0) is 6.42 Å². The average molecular weight is 342 g/mol. The van der Waals surface area contributed by atoms with Gasteiger partial charge in [-0.1, -0.05) is 17.7 Å². The van der Waals surface area contributed by atoms with Crippen molar-refractivity contribution in [2.24, 2.45) is 0 Å². The molecule has 0 radical (unpaired) electrons. The number of aromatic hydroxyl groups is 2. The topological polar surface area (TPSA) is 90.4 Å². The molecule has 0 saturated heterocycles. The highest BCUT2D eigenvalue weighted by atomic mass is 16.5. The van der Waals surface area contributed by atoms with Crippen molar-refractivity contribution in [2.75, 3.05) is 6.61 Å². The lowest BCUT2D eigenvalue weighted by Crippen LogP contribution is -2.22. The first kappa shape index (κ1) is 17.2. The molecule has 132 valence electrons. The van der Waals surface area contributed by atoms with Crippen molar-refractivity contribution < 1.29 is 25.2 Å². The van der Waals surface area contributed by atoms with Crippen molar-refractivity contribution in [3.05, 3.63) is 58.7 Å². The SMILES string of the molecule is CC(C)=CCc1c(O)ccc2c1O[C@H]1c3ccc(O)cc3OC[C@@H]21.O. The Morgan fingerprint density at radius 2 is 1.92 bits per heavy atom. The Morgan fingerprint density at radius 1 is 1.16 bits per heavy atom. The molecule has 5 heteroatoms. The van der Waals surface area contributed by atoms with E-state index in [0.29, 0.717) is 18.8 Å². The second-order valence-corrected chi connectivity index (χ2v) is 6.65. The first-order chi connectivity index (χ1) is 11.5. The highest BCUT2D eigenvalue weighted by molar-refractivity contribution is 5.57. The van der Waals surface area contributed by atoms with E-state index >= 15 is 0 Å². The fourth-order valence-electron chi connectivity index (χ4n) is 3.46. The summed E-state index contributed by atoms with van der Waals surface area (Å²) < 4.78 is 12.1.